The van der Waals surface area contributed by atoms with Crippen LogP contribution in [0.25, 0.3) is 22.3 Å². The van der Waals surface area contributed by atoms with Gasteiger partial charge in [-0.15, -0.1) is 0 Å². The van der Waals surface area contributed by atoms with Crippen LogP contribution in [0.5, 0.6) is 0 Å². The maximum Gasteiger partial charge on any atom is 0.166 e. The number of aryl methyl sites for hydroxylation is 1. The van der Waals surface area contributed by atoms with Gasteiger partial charge in [-0.1, -0.05) is 62.4 Å². The molecule has 0 spiro atoms. The molecule has 156 valence electrons. The molecule has 0 radical (unpaired) electrons. The predicted molar refractivity (Wildman–Crippen MR) is 114 cm³/mol. The summed E-state index contributed by atoms with van der Waals surface area (Å²) in [6.07, 6.45) is 2.35. The summed E-state index contributed by atoms with van der Waals surface area (Å²) in [5.41, 5.74) is 3.13. The Morgan fingerprint density at radius 1 is 0.833 bits per heavy atom. The van der Waals surface area contributed by atoms with Crippen LogP contribution >= 0.6 is 0 Å². The minimum absolute atomic E-state index is 0.0592. The maximum atomic E-state index is 14.8. The van der Waals surface area contributed by atoms with Crippen molar-refractivity contribution in [2.45, 2.75) is 39.2 Å². The van der Waals surface area contributed by atoms with Gasteiger partial charge in [0, 0.05) is 17.7 Å². The van der Waals surface area contributed by atoms with Crippen LogP contribution < -0.4 is 0 Å². The van der Waals surface area contributed by atoms with E-state index >= 15 is 0 Å². The van der Waals surface area contributed by atoms with Gasteiger partial charge in [-0.3, -0.25) is 0 Å². The van der Waals surface area contributed by atoms with E-state index in [0.717, 1.165) is 18.4 Å². The molecule has 0 amide bonds. The van der Waals surface area contributed by atoms with Gasteiger partial charge in [0.2, 0.25) is 0 Å². The van der Waals surface area contributed by atoms with Crippen molar-refractivity contribution in [1.82, 2.24) is 0 Å². The molecular weight excluding hydrogens is 385 g/mol. The lowest BCUT2D eigenvalue weighted by Crippen LogP contribution is -2.18. The highest BCUT2D eigenvalue weighted by Gasteiger charge is 2.21. The lowest BCUT2D eigenvalue weighted by atomic mass is 9.94. The van der Waals surface area contributed by atoms with Crippen molar-refractivity contribution < 1.29 is 17.9 Å². The van der Waals surface area contributed by atoms with Crippen molar-refractivity contribution in [1.29, 1.82) is 0 Å². The van der Waals surface area contributed by atoms with E-state index in [-0.39, 0.29) is 17.5 Å². The van der Waals surface area contributed by atoms with E-state index in [0.29, 0.717) is 41.2 Å². The molecule has 1 heterocycles. The summed E-state index contributed by atoms with van der Waals surface area (Å²) in [6, 6.07) is 15.3. The Bertz CT molecular complexity index is 1030. The number of rotatable bonds is 4. The van der Waals surface area contributed by atoms with Gasteiger partial charge < -0.3 is 4.74 Å². The highest BCUT2D eigenvalue weighted by atomic mass is 19.2. The van der Waals surface area contributed by atoms with Gasteiger partial charge in [0.15, 0.2) is 11.6 Å². The third kappa shape index (κ3) is 4.01. The van der Waals surface area contributed by atoms with E-state index in [1.807, 2.05) is 6.07 Å². The Morgan fingerprint density at radius 3 is 2.10 bits per heavy atom. The van der Waals surface area contributed by atoms with Crippen LogP contribution in [0.15, 0.2) is 54.6 Å². The minimum atomic E-state index is -0.848. The number of ether oxygens (including phenoxy) is 1. The molecule has 1 aliphatic rings. The zero-order valence-electron chi connectivity index (χ0n) is 17.2. The first-order valence-electron chi connectivity index (χ1n) is 10.5. The quantitative estimate of drug-likeness (QED) is 0.433. The van der Waals surface area contributed by atoms with Crippen molar-refractivity contribution >= 4 is 0 Å². The third-order valence-corrected chi connectivity index (χ3v) is 5.92. The van der Waals surface area contributed by atoms with E-state index in [2.05, 4.69) is 6.92 Å². The molecule has 3 aromatic carbocycles. The molecule has 2 unspecified atom stereocenters. The number of hydrogen-bond acceptors (Lipinski definition) is 1. The summed E-state index contributed by atoms with van der Waals surface area (Å²) in [6.45, 7) is 4.64. The van der Waals surface area contributed by atoms with Crippen molar-refractivity contribution in [3.63, 3.8) is 0 Å². The summed E-state index contributed by atoms with van der Waals surface area (Å²) in [7, 11) is 0. The molecule has 0 aromatic heterocycles. The second-order valence-corrected chi connectivity index (χ2v) is 8.07. The summed E-state index contributed by atoms with van der Waals surface area (Å²) in [5.74, 6) is -1.42. The first kappa shape index (κ1) is 20.7. The molecule has 0 N–H and O–H groups in total. The van der Waals surface area contributed by atoms with Gasteiger partial charge in [-0.2, -0.15) is 0 Å². The second kappa shape index (κ2) is 8.65. The van der Waals surface area contributed by atoms with E-state index in [4.69, 9.17) is 4.74 Å². The topological polar surface area (TPSA) is 9.23 Å². The number of hydrogen-bond donors (Lipinski definition) is 0. The first-order valence-corrected chi connectivity index (χ1v) is 10.5. The molecule has 4 rings (SSSR count). The lowest BCUT2D eigenvalue weighted by Gasteiger charge is -2.27. The maximum absolute atomic E-state index is 14.8. The minimum Gasteiger partial charge on any atom is -0.373 e. The van der Waals surface area contributed by atoms with Gasteiger partial charge in [-0.05, 0) is 53.5 Å². The summed E-state index contributed by atoms with van der Waals surface area (Å²) < 4.78 is 49.2. The van der Waals surface area contributed by atoms with E-state index in [1.165, 1.54) is 0 Å². The van der Waals surface area contributed by atoms with E-state index < -0.39 is 11.6 Å². The van der Waals surface area contributed by atoms with Crippen molar-refractivity contribution in [2.24, 2.45) is 5.92 Å². The molecule has 1 fully saturated rings. The Balaban J connectivity index is 1.58. The molecule has 30 heavy (non-hydrogen) atoms. The molecule has 1 saturated heterocycles. The number of halogens is 3. The fraction of sp³-hybridized carbons (Fsp3) is 0.308. The summed E-state index contributed by atoms with van der Waals surface area (Å²) in [5, 5.41) is 0. The smallest absolute Gasteiger partial charge is 0.166 e. The molecular formula is C26H25F3O. The zero-order chi connectivity index (χ0) is 21.3. The Morgan fingerprint density at radius 2 is 1.50 bits per heavy atom. The fourth-order valence-electron chi connectivity index (χ4n) is 4.03. The zero-order valence-corrected chi connectivity index (χ0v) is 17.2. The number of benzene rings is 3. The van der Waals surface area contributed by atoms with Gasteiger partial charge >= 0.3 is 0 Å². The van der Waals surface area contributed by atoms with Crippen LogP contribution in [-0.2, 0) is 11.2 Å². The predicted octanol–water partition coefficient (Wildman–Crippen LogP) is 7.49. The first-order chi connectivity index (χ1) is 14.5. The van der Waals surface area contributed by atoms with Gasteiger partial charge in [0.25, 0.3) is 0 Å². The van der Waals surface area contributed by atoms with Crippen LogP contribution in [0.3, 0.4) is 0 Å². The van der Waals surface area contributed by atoms with Crippen LogP contribution in [0.4, 0.5) is 13.2 Å². The Labute approximate surface area is 175 Å². The third-order valence-electron chi connectivity index (χ3n) is 5.92. The molecule has 1 aliphatic heterocycles. The van der Waals surface area contributed by atoms with Crippen LogP contribution in [0.2, 0.25) is 0 Å². The van der Waals surface area contributed by atoms with E-state index in [9.17, 15) is 13.2 Å². The van der Waals surface area contributed by atoms with Crippen molar-refractivity contribution in [2.75, 3.05) is 6.61 Å². The Kier molecular flexibility index (Phi) is 5.96. The standard InChI is InChI=1S/C26H25F3O/c1-3-17-9-12-22(26(29)25(17)28)19-7-5-18(6-8-19)21-11-10-20(14-23(21)27)24-13-4-16(2)15-30-24/h5-12,14,16,24H,3-4,13,15H2,1-2H3. The summed E-state index contributed by atoms with van der Waals surface area (Å²) in [4.78, 5) is 0. The van der Waals surface area contributed by atoms with Gasteiger partial charge in [0.05, 0.1) is 6.10 Å². The van der Waals surface area contributed by atoms with Crippen LogP contribution in [-0.4, -0.2) is 6.61 Å². The van der Waals surface area contributed by atoms with Crippen LogP contribution in [0.1, 0.15) is 43.9 Å². The molecule has 4 heteroatoms. The molecule has 2 atom stereocenters. The second-order valence-electron chi connectivity index (χ2n) is 8.07. The fourth-order valence-corrected chi connectivity index (χ4v) is 4.03. The molecule has 0 bridgehead atoms. The molecule has 0 saturated carbocycles. The van der Waals surface area contributed by atoms with Crippen LogP contribution in [0, 0.1) is 23.4 Å². The normalized spacial score (nSPS) is 19.1. The SMILES string of the molecule is CCc1ccc(-c2ccc(-c3ccc(C4CCC(C)CO4)cc3F)cc2)c(F)c1F. The summed E-state index contributed by atoms with van der Waals surface area (Å²) >= 11 is 0. The van der Waals surface area contributed by atoms with Gasteiger partial charge in [0.1, 0.15) is 5.82 Å². The van der Waals surface area contributed by atoms with Crippen molar-refractivity contribution in [3.8, 4) is 22.3 Å². The molecule has 0 aliphatic carbocycles. The molecule has 3 aromatic rings. The largest absolute Gasteiger partial charge is 0.373 e. The highest BCUT2D eigenvalue weighted by Crippen LogP contribution is 2.34. The monoisotopic (exact) mass is 410 g/mol. The van der Waals surface area contributed by atoms with E-state index in [1.54, 1.807) is 55.5 Å². The average molecular weight is 410 g/mol. The molecule has 1 nitrogen and oxygen atoms in total. The lowest BCUT2D eigenvalue weighted by molar-refractivity contribution is -0.0125. The van der Waals surface area contributed by atoms with Gasteiger partial charge in [-0.25, -0.2) is 13.2 Å². The highest BCUT2D eigenvalue weighted by molar-refractivity contribution is 5.71. The van der Waals surface area contributed by atoms with Crippen molar-refractivity contribution in [3.05, 3.63) is 83.2 Å². The Hall–Kier alpha value is -2.59. The average Bonchev–Trinajstić information content (AvgIpc) is 2.76.